The van der Waals surface area contributed by atoms with Gasteiger partial charge in [-0.15, -0.1) is 16.9 Å². The maximum atomic E-state index is 12.1. The smallest absolute Gasteiger partial charge is 0.362 e. The van der Waals surface area contributed by atoms with Gasteiger partial charge in [0.1, 0.15) is 5.76 Å². The number of rotatable bonds is 7. The predicted octanol–water partition coefficient (Wildman–Crippen LogP) is 5.66. The van der Waals surface area contributed by atoms with E-state index in [0.29, 0.717) is 5.69 Å². The fraction of sp³-hybridized carbons (Fsp3) is 0.167. The second kappa shape index (κ2) is 10.0. The fourth-order valence-electron chi connectivity index (χ4n) is 1.77. The van der Waals surface area contributed by atoms with E-state index < -0.39 is 5.97 Å². The molecule has 0 aliphatic carbocycles. The normalized spacial score (nSPS) is 12.1. The molecule has 0 heterocycles. The number of azo groups is 1. The number of hydrogen-bond donors (Lipinski definition) is 1. The highest BCUT2D eigenvalue weighted by Gasteiger charge is 2.17. The van der Waals surface area contributed by atoms with Crippen LogP contribution >= 0.6 is 27.7 Å². The number of carbonyl (C=O) groups excluding carboxylic acids is 1. The van der Waals surface area contributed by atoms with Crippen LogP contribution in [0.4, 0.5) is 5.69 Å². The molecule has 0 spiro atoms. The van der Waals surface area contributed by atoms with Crippen LogP contribution in [-0.2, 0) is 9.53 Å². The summed E-state index contributed by atoms with van der Waals surface area (Å²) in [5.41, 5.74) is 0.396. The van der Waals surface area contributed by atoms with E-state index in [1.807, 2.05) is 42.5 Å². The van der Waals surface area contributed by atoms with E-state index in [4.69, 9.17) is 4.74 Å². The molecule has 2 aromatic carbocycles. The average Bonchev–Trinajstić information content (AvgIpc) is 2.62. The first-order valence-electron chi connectivity index (χ1n) is 7.54. The van der Waals surface area contributed by atoms with Crippen LogP contribution in [0.25, 0.3) is 0 Å². The Morgan fingerprint density at radius 1 is 1.16 bits per heavy atom. The number of ether oxygens (including phenoxy) is 1. The topological polar surface area (TPSA) is 71.2 Å². The SMILES string of the molecule is CCOC(=O)/C(N=Nc1ccccc1)=C(/O)CSc1ccc(Br)cc1. The number of esters is 1. The molecule has 130 valence electrons. The average molecular weight is 421 g/mol. The molecule has 0 amide bonds. The van der Waals surface area contributed by atoms with Gasteiger partial charge in [-0.1, -0.05) is 34.1 Å². The summed E-state index contributed by atoms with van der Waals surface area (Å²) in [6, 6.07) is 16.6. The van der Waals surface area contributed by atoms with Gasteiger partial charge in [-0.2, -0.15) is 5.11 Å². The second-order valence-electron chi connectivity index (χ2n) is 4.79. The molecular weight excluding hydrogens is 404 g/mol. The lowest BCUT2D eigenvalue weighted by molar-refractivity contribution is -0.138. The monoisotopic (exact) mass is 420 g/mol. The minimum atomic E-state index is -0.698. The maximum absolute atomic E-state index is 12.1. The minimum Gasteiger partial charge on any atom is -0.509 e. The van der Waals surface area contributed by atoms with Gasteiger partial charge in [0, 0.05) is 9.37 Å². The van der Waals surface area contributed by atoms with Crippen molar-refractivity contribution in [3.8, 4) is 0 Å². The van der Waals surface area contributed by atoms with Crippen molar-refractivity contribution in [2.24, 2.45) is 10.2 Å². The summed E-state index contributed by atoms with van der Waals surface area (Å²) >= 11 is 4.76. The Morgan fingerprint density at radius 2 is 1.84 bits per heavy atom. The second-order valence-corrected chi connectivity index (χ2v) is 6.76. The molecule has 0 aliphatic rings. The molecule has 0 unspecified atom stereocenters. The number of aliphatic hydroxyl groups is 1. The van der Waals surface area contributed by atoms with Gasteiger partial charge in [0.2, 0.25) is 5.70 Å². The summed E-state index contributed by atoms with van der Waals surface area (Å²) in [5.74, 6) is -0.689. The molecule has 0 aromatic heterocycles. The Balaban J connectivity index is 2.16. The van der Waals surface area contributed by atoms with Crippen LogP contribution in [0.5, 0.6) is 0 Å². The number of thioether (sulfide) groups is 1. The van der Waals surface area contributed by atoms with E-state index in [9.17, 15) is 9.90 Å². The quantitative estimate of drug-likeness (QED) is 0.206. The number of benzene rings is 2. The first-order valence-corrected chi connectivity index (χ1v) is 9.32. The van der Waals surface area contributed by atoms with Crippen molar-refractivity contribution >= 4 is 39.3 Å². The standard InChI is InChI=1S/C18H17BrN2O3S/c1-2-24-18(23)17(21-20-14-6-4-3-5-7-14)16(22)12-25-15-10-8-13(19)9-11-15/h3-11,22H,2,12H2,1H3/b17-16-,21-20?. The molecule has 0 atom stereocenters. The summed E-state index contributed by atoms with van der Waals surface area (Å²) in [6.07, 6.45) is 0. The molecule has 2 rings (SSSR count). The van der Waals surface area contributed by atoms with Gasteiger partial charge in [0.25, 0.3) is 0 Å². The van der Waals surface area contributed by atoms with Crippen LogP contribution in [0.3, 0.4) is 0 Å². The fourth-order valence-corrected chi connectivity index (χ4v) is 2.80. The summed E-state index contributed by atoms with van der Waals surface area (Å²) < 4.78 is 5.93. The Morgan fingerprint density at radius 3 is 2.48 bits per heavy atom. The molecule has 0 aliphatic heterocycles. The van der Waals surface area contributed by atoms with Crippen molar-refractivity contribution in [3.63, 3.8) is 0 Å². The number of halogens is 1. The highest BCUT2D eigenvalue weighted by atomic mass is 79.9. The van der Waals surface area contributed by atoms with Crippen LogP contribution in [0.2, 0.25) is 0 Å². The van der Waals surface area contributed by atoms with Gasteiger partial charge in [0.05, 0.1) is 18.0 Å². The number of carbonyl (C=O) groups is 1. The Labute approximate surface area is 158 Å². The molecular formula is C18H17BrN2O3S. The highest BCUT2D eigenvalue weighted by Crippen LogP contribution is 2.24. The molecule has 1 N–H and O–H groups in total. The van der Waals surface area contributed by atoms with Gasteiger partial charge in [-0.25, -0.2) is 4.79 Å². The Bertz CT molecular complexity index is 762. The zero-order valence-electron chi connectivity index (χ0n) is 13.6. The summed E-state index contributed by atoms with van der Waals surface area (Å²) in [6.45, 7) is 1.88. The van der Waals surface area contributed by atoms with E-state index >= 15 is 0 Å². The summed E-state index contributed by atoms with van der Waals surface area (Å²) in [7, 11) is 0. The minimum absolute atomic E-state index is 0.175. The van der Waals surface area contributed by atoms with Crippen molar-refractivity contribution in [1.29, 1.82) is 0 Å². The first-order chi connectivity index (χ1) is 12.1. The van der Waals surface area contributed by atoms with Gasteiger partial charge in [-0.05, 0) is 43.3 Å². The largest absolute Gasteiger partial charge is 0.509 e. The lowest BCUT2D eigenvalue weighted by atomic mass is 10.3. The third-order valence-electron chi connectivity index (χ3n) is 2.95. The third kappa shape index (κ3) is 6.36. The van der Waals surface area contributed by atoms with Gasteiger partial charge >= 0.3 is 5.97 Å². The maximum Gasteiger partial charge on any atom is 0.362 e. The molecule has 0 fully saturated rings. The van der Waals surface area contributed by atoms with Gasteiger partial charge in [-0.3, -0.25) is 0 Å². The van der Waals surface area contributed by atoms with E-state index in [1.165, 1.54) is 11.8 Å². The van der Waals surface area contributed by atoms with E-state index in [-0.39, 0.29) is 23.8 Å². The number of nitrogens with zero attached hydrogens (tertiary/aromatic N) is 2. The lowest BCUT2D eigenvalue weighted by Gasteiger charge is -2.06. The molecule has 5 nitrogen and oxygen atoms in total. The van der Waals surface area contributed by atoms with Crippen LogP contribution < -0.4 is 0 Å². The molecule has 0 radical (unpaired) electrons. The van der Waals surface area contributed by atoms with Crippen molar-refractivity contribution < 1.29 is 14.6 Å². The number of aliphatic hydroxyl groups excluding tert-OH is 1. The molecule has 7 heteroatoms. The van der Waals surface area contributed by atoms with E-state index in [0.717, 1.165) is 9.37 Å². The van der Waals surface area contributed by atoms with Crippen LogP contribution in [0.1, 0.15) is 6.92 Å². The zero-order chi connectivity index (χ0) is 18.1. The molecule has 2 aromatic rings. The summed E-state index contributed by atoms with van der Waals surface area (Å²) in [5, 5.41) is 18.2. The predicted molar refractivity (Wildman–Crippen MR) is 102 cm³/mol. The van der Waals surface area contributed by atoms with Crippen LogP contribution in [0.15, 0.2) is 85.7 Å². The lowest BCUT2D eigenvalue weighted by Crippen LogP contribution is -2.09. The van der Waals surface area contributed by atoms with Crippen molar-refractivity contribution in [3.05, 3.63) is 70.5 Å². The molecule has 25 heavy (non-hydrogen) atoms. The first kappa shape index (κ1) is 19.2. The Kier molecular flexibility index (Phi) is 7.69. The number of hydrogen-bond acceptors (Lipinski definition) is 6. The van der Waals surface area contributed by atoms with Gasteiger partial charge < -0.3 is 9.84 Å². The van der Waals surface area contributed by atoms with Crippen LogP contribution in [0, 0.1) is 0 Å². The molecule has 0 bridgehead atoms. The third-order valence-corrected chi connectivity index (χ3v) is 4.50. The highest BCUT2D eigenvalue weighted by molar-refractivity contribution is 9.10. The summed E-state index contributed by atoms with van der Waals surface area (Å²) in [4.78, 5) is 13.0. The van der Waals surface area contributed by atoms with E-state index in [1.54, 1.807) is 19.1 Å². The Hall–Kier alpha value is -2.12. The van der Waals surface area contributed by atoms with Crippen LogP contribution in [-0.4, -0.2) is 23.4 Å². The molecule has 0 saturated carbocycles. The van der Waals surface area contributed by atoms with E-state index in [2.05, 4.69) is 26.2 Å². The van der Waals surface area contributed by atoms with Crippen molar-refractivity contribution in [1.82, 2.24) is 0 Å². The zero-order valence-corrected chi connectivity index (χ0v) is 16.0. The van der Waals surface area contributed by atoms with Gasteiger partial charge in [0.15, 0.2) is 0 Å². The van der Waals surface area contributed by atoms with Crippen molar-refractivity contribution in [2.45, 2.75) is 11.8 Å². The van der Waals surface area contributed by atoms with Crippen molar-refractivity contribution in [2.75, 3.05) is 12.4 Å². The molecule has 0 saturated heterocycles.